The summed E-state index contributed by atoms with van der Waals surface area (Å²) in [6, 6.07) is 0. The summed E-state index contributed by atoms with van der Waals surface area (Å²) in [6.45, 7) is 9.75. The summed E-state index contributed by atoms with van der Waals surface area (Å²) in [7, 11) is -9.93. The standard InChI is InChI=1S/C88H172O17P2/c1-7-10-12-14-16-18-20-21-22-23-24-25-29-32-35-41-47-53-59-65-71-86(91)99-77-84(105-87(92)72-66-60-54-48-42-36-33-30-27-26-28-31-34-40-45-51-57-63-69-81(6)9-3)79-103-107(96,97)101-75-82(89)74-100-106(94,95)102-78-83(76-98-85(90)70-64-58-52-46-19-17-15-13-11-8-2)104-88(93)73-67-61-55-49-43-38-37-39-44-50-56-62-68-80(4)5/h80-84,89H,7-79H2,1-6H3,(H,94,95)(H,96,97)/t81?,82-,83+,84+/m0/s1. The number of carbonyl (C=O) groups is 4. The second kappa shape index (κ2) is 79.3. The molecule has 0 aliphatic rings. The molecule has 0 fully saturated rings. The summed E-state index contributed by atoms with van der Waals surface area (Å²) in [6.07, 6.45) is 72.2. The highest BCUT2D eigenvalue weighted by molar-refractivity contribution is 7.47. The van der Waals surface area contributed by atoms with Gasteiger partial charge in [0.25, 0.3) is 0 Å². The largest absolute Gasteiger partial charge is 0.472 e. The number of carbonyl (C=O) groups excluding carboxylic acids is 4. The van der Waals surface area contributed by atoms with Crippen molar-refractivity contribution in [3.8, 4) is 0 Å². The molecule has 0 aromatic carbocycles. The third-order valence-corrected chi connectivity index (χ3v) is 23.0. The summed E-state index contributed by atoms with van der Waals surface area (Å²) in [5, 5.41) is 10.7. The summed E-state index contributed by atoms with van der Waals surface area (Å²) >= 11 is 0. The predicted molar refractivity (Wildman–Crippen MR) is 442 cm³/mol. The van der Waals surface area contributed by atoms with E-state index in [2.05, 4.69) is 41.5 Å². The Bertz CT molecular complexity index is 2050. The Balaban J connectivity index is 5.21. The van der Waals surface area contributed by atoms with Gasteiger partial charge < -0.3 is 33.8 Å². The maximum absolute atomic E-state index is 13.2. The summed E-state index contributed by atoms with van der Waals surface area (Å²) in [5.41, 5.74) is 0. The molecular formula is C88H172O17P2. The molecule has 0 aliphatic carbocycles. The average Bonchev–Trinajstić information content (AvgIpc) is 0.903. The van der Waals surface area contributed by atoms with E-state index in [9.17, 15) is 43.2 Å². The van der Waals surface area contributed by atoms with Crippen LogP contribution in [0.1, 0.15) is 472 Å². The number of unbranched alkanes of at least 4 members (excludes halogenated alkanes) is 56. The molecule has 0 aromatic heterocycles. The van der Waals surface area contributed by atoms with E-state index in [1.807, 2.05) is 0 Å². The van der Waals surface area contributed by atoms with Gasteiger partial charge in [0.2, 0.25) is 0 Å². The van der Waals surface area contributed by atoms with Gasteiger partial charge in [-0.25, -0.2) is 9.13 Å². The van der Waals surface area contributed by atoms with Crippen LogP contribution in [-0.2, 0) is 65.4 Å². The molecule has 0 rings (SSSR count). The van der Waals surface area contributed by atoms with E-state index in [0.29, 0.717) is 25.7 Å². The van der Waals surface area contributed by atoms with Gasteiger partial charge in [0, 0.05) is 25.7 Å². The Hall–Kier alpha value is -1.94. The van der Waals surface area contributed by atoms with Crippen molar-refractivity contribution in [2.45, 2.75) is 490 Å². The van der Waals surface area contributed by atoms with Crippen LogP contribution in [0.5, 0.6) is 0 Å². The Morgan fingerprint density at radius 3 is 0.710 bits per heavy atom. The molecule has 0 heterocycles. The molecule has 0 saturated carbocycles. The summed E-state index contributed by atoms with van der Waals surface area (Å²) in [4.78, 5) is 73.2. The highest BCUT2D eigenvalue weighted by atomic mass is 31.2. The average molecular weight is 1560 g/mol. The number of phosphoric ester groups is 2. The fraction of sp³-hybridized carbons (Fsp3) is 0.955. The lowest BCUT2D eigenvalue weighted by molar-refractivity contribution is -0.161. The number of hydrogen-bond acceptors (Lipinski definition) is 15. The van der Waals surface area contributed by atoms with Crippen LogP contribution in [0.2, 0.25) is 0 Å². The minimum absolute atomic E-state index is 0.107. The molecule has 17 nitrogen and oxygen atoms in total. The highest BCUT2D eigenvalue weighted by Crippen LogP contribution is 2.45. The first-order valence-electron chi connectivity index (χ1n) is 45.5. The van der Waals surface area contributed by atoms with Crippen LogP contribution < -0.4 is 0 Å². The molecule has 0 aliphatic heterocycles. The first-order valence-corrected chi connectivity index (χ1v) is 48.5. The molecule has 0 spiro atoms. The maximum Gasteiger partial charge on any atom is 0.472 e. The van der Waals surface area contributed by atoms with Crippen LogP contribution in [0.25, 0.3) is 0 Å². The Morgan fingerprint density at radius 1 is 0.271 bits per heavy atom. The minimum atomic E-state index is -4.97. The van der Waals surface area contributed by atoms with Gasteiger partial charge in [-0.1, -0.05) is 420 Å². The molecule has 636 valence electrons. The second-order valence-corrected chi connectivity index (χ2v) is 35.3. The van der Waals surface area contributed by atoms with Gasteiger partial charge in [-0.2, -0.15) is 0 Å². The molecule has 0 aromatic rings. The molecule has 0 saturated heterocycles. The quantitative estimate of drug-likeness (QED) is 0.0222. The van der Waals surface area contributed by atoms with Gasteiger partial charge in [0.05, 0.1) is 26.4 Å². The van der Waals surface area contributed by atoms with Crippen LogP contribution >= 0.6 is 15.6 Å². The lowest BCUT2D eigenvalue weighted by Gasteiger charge is -2.21. The molecule has 0 amide bonds. The van der Waals surface area contributed by atoms with E-state index >= 15 is 0 Å². The summed E-state index contributed by atoms with van der Waals surface area (Å²) < 4.78 is 68.9. The number of aliphatic hydroxyl groups is 1. The molecular weight excluding hydrogens is 1390 g/mol. The van der Waals surface area contributed by atoms with E-state index < -0.39 is 97.5 Å². The molecule has 0 bridgehead atoms. The smallest absolute Gasteiger partial charge is 0.462 e. The lowest BCUT2D eigenvalue weighted by Crippen LogP contribution is -2.30. The molecule has 19 heteroatoms. The second-order valence-electron chi connectivity index (χ2n) is 32.4. The number of phosphoric acid groups is 2. The predicted octanol–water partition coefficient (Wildman–Crippen LogP) is 27.0. The number of ether oxygens (including phenoxy) is 4. The van der Waals surface area contributed by atoms with Gasteiger partial charge in [-0.05, 0) is 37.5 Å². The lowest BCUT2D eigenvalue weighted by atomic mass is 9.99. The van der Waals surface area contributed by atoms with Gasteiger partial charge in [0.1, 0.15) is 19.3 Å². The van der Waals surface area contributed by atoms with E-state index in [-0.39, 0.29) is 25.7 Å². The van der Waals surface area contributed by atoms with Crippen LogP contribution in [0.15, 0.2) is 0 Å². The van der Waals surface area contributed by atoms with E-state index in [1.165, 1.54) is 289 Å². The molecule has 3 unspecified atom stereocenters. The van der Waals surface area contributed by atoms with Crippen molar-refractivity contribution in [3.63, 3.8) is 0 Å². The maximum atomic E-state index is 13.2. The molecule has 6 atom stereocenters. The normalized spacial score (nSPS) is 14.0. The fourth-order valence-electron chi connectivity index (χ4n) is 13.7. The highest BCUT2D eigenvalue weighted by Gasteiger charge is 2.31. The van der Waals surface area contributed by atoms with E-state index in [4.69, 9.17) is 37.0 Å². The molecule has 107 heavy (non-hydrogen) atoms. The van der Waals surface area contributed by atoms with Crippen molar-refractivity contribution in [2.24, 2.45) is 11.8 Å². The van der Waals surface area contributed by atoms with Crippen molar-refractivity contribution in [3.05, 3.63) is 0 Å². The van der Waals surface area contributed by atoms with Crippen molar-refractivity contribution in [2.75, 3.05) is 39.6 Å². The van der Waals surface area contributed by atoms with Crippen LogP contribution in [0, 0.1) is 11.8 Å². The number of hydrogen-bond donors (Lipinski definition) is 3. The van der Waals surface area contributed by atoms with E-state index in [1.54, 1.807) is 0 Å². The van der Waals surface area contributed by atoms with Gasteiger partial charge in [0.15, 0.2) is 12.2 Å². The number of rotatable bonds is 87. The van der Waals surface area contributed by atoms with Crippen molar-refractivity contribution >= 4 is 39.5 Å². The monoisotopic (exact) mass is 1560 g/mol. The third kappa shape index (κ3) is 80.5. The SMILES string of the molecule is CCCCCCCCCCCCCCCCCCCCCCC(=O)OC[C@H](COP(=O)(O)OC[C@@H](O)COP(=O)(O)OC[C@@H](COC(=O)CCCCCCCCCCCC)OC(=O)CCCCCCCCCCCCCCC(C)C)OC(=O)CCCCCCCCCCCCCCCCCCCCC(C)CC. The third-order valence-electron chi connectivity index (χ3n) is 21.1. The fourth-order valence-corrected chi connectivity index (χ4v) is 15.3. The Kier molecular flexibility index (Phi) is 77.9. The zero-order valence-electron chi connectivity index (χ0n) is 70.5. The molecule has 3 N–H and O–H groups in total. The van der Waals surface area contributed by atoms with Crippen LogP contribution in [0.3, 0.4) is 0 Å². The van der Waals surface area contributed by atoms with E-state index in [0.717, 1.165) is 102 Å². The summed E-state index contributed by atoms with van der Waals surface area (Å²) in [5.74, 6) is -0.452. The van der Waals surface area contributed by atoms with Gasteiger partial charge in [-0.15, -0.1) is 0 Å². The number of aliphatic hydroxyl groups excluding tert-OH is 1. The topological polar surface area (TPSA) is 237 Å². The van der Waals surface area contributed by atoms with Crippen molar-refractivity contribution in [1.82, 2.24) is 0 Å². The van der Waals surface area contributed by atoms with Crippen molar-refractivity contribution < 1.29 is 80.2 Å². The zero-order chi connectivity index (χ0) is 78.5. The first kappa shape index (κ1) is 105. The minimum Gasteiger partial charge on any atom is -0.462 e. The van der Waals surface area contributed by atoms with Crippen LogP contribution in [-0.4, -0.2) is 96.7 Å². The van der Waals surface area contributed by atoms with Gasteiger partial charge >= 0.3 is 39.5 Å². The Labute approximate surface area is 658 Å². The number of esters is 4. The van der Waals surface area contributed by atoms with Gasteiger partial charge in [-0.3, -0.25) is 37.3 Å². The molecule has 0 radical (unpaired) electrons. The van der Waals surface area contributed by atoms with Crippen molar-refractivity contribution in [1.29, 1.82) is 0 Å². The zero-order valence-corrected chi connectivity index (χ0v) is 72.2. The Morgan fingerprint density at radius 2 is 0.477 bits per heavy atom. The first-order chi connectivity index (χ1) is 51.9. The van der Waals surface area contributed by atoms with Crippen LogP contribution in [0.4, 0.5) is 0 Å².